The molecule has 1 aliphatic rings. The number of hydrogen-bond acceptors (Lipinski definition) is 5. The second kappa shape index (κ2) is 7.33. The molecule has 7 heteroatoms. The number of carboxylic acid groups (broad SMARTS) is 1. The molecule has 3 aromatic rings. The van der Waals surface area contributed by atoms with Crippen LogP contribution in [0.15, 0.2) is 58.2 Å². The van der Waals surface area contributed by atoms with Gasteiger partial charge in [-0.05, 0) is 36.8 Å². The van der Waals surface area contributed by atoms with Crippen LogP contribution in [0.5, 0.6) is 11.5 Å². The van der Waals surface area contributed by atoms with Crippen molar-refractivity contribution in [3.8, 4) is 17.2 Å². The Morgan fingerprint density at radius 3 is 2.69 bits per heavy atom. The van der Waals surface area contributed by atoms with Crippen molar-refractivity contribution in [2.75, 3.05) is 7.11 Å². The Hall–Kier alpha value is -3.19. The number of carbonyl (C=O) groups is 1. The second-order valence-corrected chi connectivity index (χ2v) is 8.07. The molecule has 0 spiro atoms. The average Bonchev–Trinajstić information content (AvgIpc) is 2.85. The SMILES string of the molecule is COc1cc(C2Cc3c(C(=O)O)c(=O)cc(C)n3-c3ccccc3S2)ccc1O. The number of phenolic OH excluding ortho intramolecular Hbond substituents is 1. The van der Waals surface area contributed by atoms with Crippen LogP contribution in [-0.2, 0) is 6.42 Å². The number of benzene rings is 2. The number of fused-ring (bicyclic) bond motifs is 3. The van der Waals surface area contributed by atoms with E-state index in [0.29, 0.717) is 23.6 Å². The van der Waals surface area contributed by atoms with Crippen molar-refractivity contribution in [3.63, 3.8) is 0 Å². The summed E-state index contributed by atoms with van der Waals surface area (Å²) in [4.78, 5) is 25.4. The molecule has 0 saturated heterocycles. The van der Waals surface area contributed by atoms with E-state index in [4.69, 9.17) is 4.74 Å². The van der Waals surface area contributed by atoms with E-state index in [2.05, 4.69) is 0 Å². The van der Waals surface area contributed by atoms with Crippen molar-refractivity contribution in [2.24, 2.45) is 0 Å². The second-order valence-electron chi connectivity index (χ2n) is 6.82. The third-order valence-electron chi connectivity index (χ3n) is 5.04. The van der Waals surface area contributed by atoms with E-state index >= 15 is 0 Å². The molecule has 148 valence electrons. The molecule has 2 heterocycles. The maximum absolute atomic E-state index is 12.5. The van der Waals surface area contributed by atoms with Crippen LogP contribution in [0.2, 0.25) is 0 Å². The fourth-order valence-electron chi connectivity index (χ4n) is 3.74. The Labute approximate surface area is 171 Å². The molecule has 0 saturated carbocycles. The standard InChI is InChI=1S/C22H19NO5S/c1-12-9-17(25)21(22(26)27)15-11-20(13-7-8-16(24)18(10-13)28-2)29-19-6-4-3-5-14(19)23(12)15/h3-10,20,24H,11H2,1-2H3,(H,26,27). The van der Waals surface area contributed by atoms with Gasteiger partial charge in [-0.3, -0.25) is 4.79 Å². The highest BCUT2D eigenvalue weighted by Gasteiger charge is 2.29. The molecule has 0 radical (unpaired) electrons. The first kappa shape index (κ1) is 19.1. The van der Waals surface area contributed by atoms with Gasteiger partial charge < -0.3 is 19.5 Å². The molecular weight excluding hydrogens is 390 g/mol. The summed E-state index contributed by atoms with van der Waals surface area (Å²) in [7, 11) is 1.48. The average molecular weight is 409 g/mol. The molecular formula is C22H19NO5S. The summed E-state index contributed by atoms with van der Waals surface area (Å²) >= 11 is 1.59. The van der Waals surface area contributed by atoms with E-state index in [1.807, 2.05) is 35.8 Å². The molecule has 1 aliphatic heterocycles. The quantitative estimate of drug-likeness (QED) is 0.681. The normalized spacial score (nSPS) is 15.2. The number of ether oxygens (including phenoxy) is 1. The van der Waals surface area contributed by atoms with Crippen LogP contribution in [0.25, 0.3) is 5.69 Å². The highest BCUT2D eigenvalue weighted by Crippen LogP contribution is 2.45. The maximum atomic E-state index is 12.5. The monoisotopic (exact) mass is 409 g/mol. The van der Waals surface area contributed by atoms with Crippen LogP contribution in [0.1, 0.15) is 32.6 Å². The molecule has 4 rings (SSSR count). The number of carboxylic acids is 1. The van der Waals surface area contributed by atoms with Crippen LogP contribution in [0, 0.1) is 6.92 Å². The number of aromatic hydroxyl groups is 1. The molecule has 29 heavy (non-hydrogen) atoms. The molecule has 2 N–H and O–H groups in total. The van der Waals surface area contributed by atoms with Gasteiger partial charge in [-0.25, -0.2) is 4.79 Å². The Bertz CT molecular complexity index is 1180. The van der Waals surface area contributed by atoms with Crippen LogP contribution in [0.4, 0.5) is 0 Å². The summed E-state index contributed by atoms with van der Waals surface area (Å²) in [6, 6.07) is 14.2. The number of methoxy groups -OCH3 is 1. The lowest BCUT2D eigenvalue weighted by atomic mass is 10.0. The zero-order chi connectivity index (χ0) is 20.7. The number of pyridine rings is 1. The van der Waals surface area contributed by atoms with Crippen LogP contribution >= 0.6 is 11.8 Å². The summed E-state index contributed by atoms with van der Waals surface area (Å²) in [6.45, 7) is 1.81. The molecule has 2 aromatic carbocycles. The summed E-state index contributed by atoms with van der Waals surface area (Å²) < 4.78 is 7.10. The van der Waals surface area contributed by atoms with Crippen molar-refractivity contribution in [2.45, 2.75) is 23.5 Å². The predicted octanol–water partition coefficient (Wildman–Crippen LogP) is 3.95. The lowest BCUT2D eigenvalue weighted by Crippen LogP contribution is -2.24. The van der Waals surface area contributed by atoms with Gasteiger partial charge in [0.2, 0.25) is 0 Å². The number of aromatic nitrogens is 1. The van der Waals surface area contributed by atoms with Gasteiger partial charge in [0, 0.05) is 34.0 Å². The Morgan fingerprint density at radius 1 is 1.21 bits per heavy atom. The molecule has 1 aromatic heterocycles. The maximum Gasteiger partial charge on any atom is 0.341 e. The topological polar surface area (TPSA) is 88.8 Å². The van der Waals surface area contributed by atoms with Crippen molar-refractivity contribution >= 4 is 17.7 Å². The van der Waals surface area contributed by atoms with Crippen LogP contribution < -0.4 is 10.2 Å². The minimum Gasteiger partial charge on any atom is -0.504 e. The van der Waals surface area contributed by atoms with E-state index < -0.39 is 11.4 Å². The molecule has 6 nitrogen and oxygen atoms in total. The molecule has 0 fully saturated rings. The highest BCUT2D eigenvalue weighted by molar-refractivity contribution is 7.99. The number of aromatic carboxylic acids is 1. The van der Waals surface area contributed by atoms with E-state index in [1.54, 1.807) is 30.0 Å². The number of para-hydroxylation sites is 1. The Kier molecular flexibility index (Phi) is 4.84. The molecule has 0 bridgehead atoms. The number of nitrogens with zero attached hydrogens (tertiary/aromatic N) is 1. The largest absolute Gasteiger partial charge is 0.504 e. The fourth-order valence-corrected chi connectivity index (χ4v) is 5.01. The summed E-state index contributed by atoms with van der Waals surface area (Å²) in [5, 5.41) is 19.5. The fraction of sp³-hybridized carbons (Fsp3) is 0.182. The van der Waals surface area contributed by atoms with Crippen molar-refractivity contribution in [3.05, 3.63) is 81.3 Å². The van der Waals surface area contributed by atoms with E-state index in [-0.39, 0.29) is 16.6 Å². The van der Waals surface area contributed by atoms with Gasteiger partial charge in [0.15, 0.2) is 16.9 Å². The Balaban J connectivity index is 1.99. The van der Waals surface area contributed by atoms with Gasteiger partial charge in [0.05, 0.1) is 12.8 Å². The molecule has 1 atom stereocenters. The number of thioether (sulfide) groups is 1. The zero-order valence-corrected chi connectivity index (χ0v) is 16.7. The van der Waals surface area contributed by atoms with Gasteiger partial charge in [-0.2, -0.15) is 0 Å². The van der Waals surface area contributed by atoms with Gasteiger partial charge in [0.25, 0.3) is 0 Å². The summed E-state index contributed by atoms with van der Waals surface area (Å²) in [5.41, 5.74) is 2.18. The van der Waals surface area contributed by atoms with Gasteiger partial charge in [-0.15, -0.1) is 11.8 Å². The summed E-state index contributed by atoms with van der Waals surface area (Å²) in [6.07, 6.45) is 0.339. The lowest BCUT2D eigenvalue weighted by molar-refractivity contribution is 0.0693. The minimum atomic E-state index is -1.23. The summed E-state index contributed by atoms with van der Waals surface area (Å²) in [5.74, 6) is -0.847. The first-order valence-electron chi connectivity index (χ1n) is 9.02. The number of phenols is 1. The van der Waals surface area contributed by atoms with E-state index in [0.717, 1.165) is 16.1 Å². The highest BCUT2D eigenvalue weighted by atomic mass is 32.2. The molecule has 0 aliphatic carbocycles. The van der Waals surface area contributed by atoms with E-state index in [1.165, 1.54) is 13.2 Å². The van der Waals surface area contributed by atoms with Gasteiger partial charge >= 0.3 is 5.97 Å². The van der Waals surface area contributed by atoms with Crippen molar-refractivity contribution in [1.82, 2.24) is 4.57 Å². The number of rotatable bonds is 3. The van der Waals surface area contributed by atoms with Crippen molar-refractivity contribution in [1.29, 1.82) is 0 Å². The van der Waals surface area contributed by atoms with Crippen LogP contribution in [0.3, 0.4) is 0 Å². The first-order valence-corrected chi connectivity index (χ1v) is 9.90. The third kappa shape index (κ3) is 3.27. The van der Waals surface area contributed by atoms with Crippen LogP contribution in [-0.4, -0.2) is 27.9 Å². The van der Waals surface area contributed by atoms with Crippen molar-refractivity contribution < 1.29 is 19.7 Å². The Morgan fingerprint density at radius 2 is 1.97 bits per heavy atom. The smallest absolute Gasteiger partial charge is 0.341 e. The molecule has 0 amide bonds. The first-order chi connectivity index (χ1) is 13.9. The zero-order valence-electron chi connectivity index (χ0n) is 15.9. The number of hydrogen-bond donors (Lipinski definition) is 2. The van der Waals surface area contributed by atoms with Gasteiger partial charge in [-0.1, -0.05) is 18.2 Å². The minimum absolute atomic E-state index is 0.0361. The number of aryl methyl sites for hydroxylation is 1. The lowest BCUT2D eigenvalue weighted by Gasteiger charge is -2.19. The van der Waals surface area contributed by atoms with E-state index in [9.17, 15) is 19.8 Å². The third-order valence-corrected chi connectivity index (χ3v) is 6.36. The van der Waals surface area contributed by atoms with Gasteiger partial charge in [0.1, 0.15) is 5.56 Å². The molecule has 1 unspecified atom stereocenters. The predicted molar refractivity (Wildman–Crippen MR) is 111 cm³/mol.